The smallest absolute Gasteiger partial charge is 0.323 e. The molecule has 0 bridgehead atoms. The molecule has 2 unspecified atom stereocenters. The van der Waals surface area contributed by atoms with E-state index in [4.69, 9.17) is 19.9 Å². The van der Waals surface area contributed by atoms with Crippen molar-refractivity contribution in [1.82, 2.24) is 0 Å². The summed E-state index contributed by atoms with van der Waals surface area (Å²) in [6.45, 7) is 3.64. The lowest BCUT2D eigenvalue weighted by molar-refractivity contribution is -0.143. The Morgan fingerprint density at radius 3 is 2.16 bits per heavy atom. The third kappa shape index (κ3) is 5.81. The van der Waals surface area contributed by atoms with Gasteiger partial charge in [0.15, 0.2) is 0 Å². The molecular weight excluding hydrogens is 322 g/mol. The minimum Gasteiger partial charge on any atom is -0.496 e. The van der Waals surface area contributed by atoms with Crippen molar-refractivity contribution < 1.29 is 24.1 Å². The van der Waals surface area contributed by atoms with Gasteiger partial charge in [-0.25, -0.2) is 0 Å². The first-order valence-corrected chi connectivity index (χ1v) is 8.60. The Bertz CT molecular complexity index is 546. The minimum atomic E-state index is -1.18. The van der Waals surface area contributed by atoms with E-state index < -0.39 is 11.5 Å². The van der Waals surface area contributed by atoms with Crippen molar-refractivity contribution in [3.63, 3.8) is 0 Å². The largest absolute Gasteiger partial charge is 0.496 e. The molecule has 6 heteroatoms. The first-order valence-electron chi connectivity index (χ1n) is 8.60. The summed E-state index contributed by atoms with van der Waals surface area (Å²) >= 11 is 0. The highest BCUT2D eigenvalue weighted by Gasteiger charge is 2.30. The summed E-state index contributed by atoms with van der Waals surface area (Å²) in [5.74, 6) is 1.46. The van der Waals surface area contributed by atoms with Crippen molar-refractivity contribution in [1.29, 1.82) is 0 Å². The van der Waals surface area contributed by atoms with Crippen LogP contribution in [0.4, 0.5) is 0 Å². The van der Waals surface area contributed by atoms with E-state index in [-0.39, 0.29) is 5.92 Å². The normalized spacial score (nSPS) is 14.5. The average molecular weight is 353 g/mol. The summed E-state index contributed by atoms with van der Waals surface area (Å²) in [5.41, 5.74) is 5.70. The summed E-state index contributed by atoms with van der Waals surface area (Å²) in [5, 5.41) is 9.21. The number of nitrogens with two attached hydrogens (primary N) is 1. The van der Waals surface area contributed by atoms with Gasteiger partial charge in [-0.15, -0.1) is 0 Å². The molecule has 0 saturated carbocycles. The second-order valence-electron chi connectivity index (χ2n) is 6.60. The first-order chi connectivity index (χ1) is 11.8. The highest BCUT2D eigenvalue weighted by molar-refractivity contribution is 5.77. The molecule has 0 aliphatic rings. The van der Waals surface area contributed by atoms with Gasteiger partial charge >= 0.3 is 5.97 Å². The Balaban J connectivity index is 2.78. The van der Waals surface area contributed by atoms with Gasteiger partial charge in [0.25, 0.3) is 0 Å². The maximum absolute atomic E-state index is 11.2. The summed E-state index contributed by atoms with van der Waals surface area (Å²) in [7, 11) is 4.85. The zero-order chi connectivity index (χ0) is 19.0. The molecule has 2 atom stereocenters. The van der Waals surface area contributed by atoms with Gasteiger partial charge in [-0.3, -0.25) is 4.79 Å². The van der Waals surface area contributed by atoms with E-state index in [9.17, 15) is 9.90 Å². The Morgan fingerprint density at radius 1 is 1.20 bits per heavy atom. The van der Waals surface area contributed by atoms with Crippen molar-refractivity contribution >= 4 is 5.97 Å². The first kappa shape index (κ1) is 21.1. The summed E-state index contributed by atoms with van der Waals surface area (Å²) in [6, 6.07) is 3.69. The number of hydrogen-bond acceptors (Lipinski definition) is 5. The molecule has 1 aromatic carbocycles. The maximum Gasteiger partial charge on any atom is 0.323 e. The SMILES string of the molecule is CCC(CCCc1c(OC)cc(OC)cc1OC)CC(C)(N)C(=O)O. The van der Waals surface area contributed by atoms with Crippen LogP contribution in [0.15, 0.2) is 12.1 Å². The molecular formula is C19H31NO5. The van der Waals surface area contributed by atoms with E-state index >= 15 is 0 Å². The Kier molecular flexibility index (Phi) is 8.03. The molecule has 0 aliphatic carbocycles. The van der Waals surface area contributed by atoms with Crippen LogP contribution in [0.5, 0.6) is 17.2 Å². The molecule has 0 saturated heterocycles. The predicted octanol–water partition coefficient (Wildman–Crippen LogP) is 3.25. The number of carbonyl (C=O) groups is 1. The molecule has 0 radical (unpaired) electrons. The number of ether oxygens (including phenoxy) is 3. The topological polar surface area (TPSA) is 91.0 Å². The fourth-order valence-corrected chi connectivity index (χ4v) is 3.03. The molecule has 1 aromatic rings. The van der Waals surface area contributed by atoms with E-state index in [2.05, 4.69) is 6.92 Å². The highest BCUT2D eigenvalue weighted by atomic mass is 16.5. The average Bonchev–Trinajstić information content (AvgIpc) is 2.60. The van der Waals surface area contributed by atoms with E-state index in [1.54, 1.807) is 28.3 Å². The van der Waals surface area contributed by atoms with Crippen molar-refractivity contribution in [3.8, 4) is 17.2 Å². The lowest BCUT2D eigenvalue weighted by Gasteiger charge is -2.25. The second-order valence-corrected chi connectivity index (χ2v) is 6.60. The van der Waals surface area contributed by atoms with Crippen molar-refractivity contribution in [3.05, 3.63) is 17.7 Å². The van der Waals surface area contributed by atoms with Crippen molar-refractivity contribution in [2.45, 2.75) is 51.5 Å². The van der Waals surface area contributed by atoms with Gasteiger partial charge in [0.05, 0.1) is 21.3 Å². The van der Waals surface area contributed by atoms with Gasteiger partial charge in [0.1, 0.15) is 22.8 Å². The number of rotatable bonds is 11. The molecule has 6 nitrogen and oxygen atoms in total. The van der Waals surface area contributed by atoms with Crippen LogP contribution in [-0.2, 0) is 11.2 Å². The Hall–Kier alpha value is -1.95. The number of carboxylic acid groups (broad SMARTS) is 1. The van der Waals surface area contributed by atoms with Crippen LogP contribution < -0.4 is 19.9 Å². The number of hydrogen-bond donors (Lipinski definition) is 2. The van der Waals surface area contributed by atoms with Crippen LogP contribution in [0.2, 0.25) is 0 Å². The number of carboxylic acids is 1. The van der Waals surface area contributed by atoms with Gasteiger partial charge in [-0.1, -0.05) is 19.8 Å². The molecule has 0 amide bonds. The Morgan fingerprint density at radius 2 is 1.76 bits per heavy atom. The number of benzene rings is 1. The third-order valence-electron chi connectivity index (χ3n) is 4.63. The standard InChI is InChI=1S/C19H31NO5/c1-6-13(12-19(2,20)18(21)22)8-7-9-15-16(24-4)10-14(23-3)11-17(15)25-5/h10-11,13H,6-9,12,20H2,1-5H3,(H,21,22). The van der Waals surface area contributed by atoms with E-state index in [0.29, 0.717) is 12.2 Å². The maximum atomic E-state index is 11.2. The lowest BCUT2D eigenvalue weighted by Crippen LogP contribution is -2.46. The number of aliphatic carboxylic acids is 1. The fraction of sp³-hybridized carbons (Fsp3) is 0.632. The van der Waals surface area contributed by atoms with E-state index in [1.165, 1.54) is 0 Å². The molecule has 0 heterocycles. The third-order valence-corrected chi connectivity index (χ3v) is 4.63. The van der Waals surface area contributed by atoms with Gasteiger partial charge in [-0.2, -0.15) is 0 Å². The minimum absolute atomic E-state index is 0.265. The van der Waals surface area contributed by atoms with Crippen molar-refractivity contribution in [2.75, 3.05) is 21.3 Å². The molecule has 25 heavy (non-hydrogen) atoms. The molecule has 0 aromatic heterocycles. The van der Waals surface area contributed by atoms with Crippen LogP contribution in [0.1, 0.15) is 45.1 Å². The summed E-state index contributed by atoms with van der Waals surface area (Å²) < 4.78 is 16.2. The zero-order valence-corrected chi connectivity index (χ0v) is 15.9. The van der Waals surface area contributed by atoms with Crippen LogP contribution in [0.3, 0.4) is 0 Å². The van der Waals surface area contributed by atoms with Crippen LogP contribution in [0.25, 0.3) is 0 Å². The fourth-order valence-electron chi connectivity index (χ4n) is 3.03. The van der Waals surface area contributed by atoms with Gasteiger partial charge < -0.3 is 25.1 Å². The van der Waals surface area contributed by atoms with Crippen LogP contribution in [0, 0.1) is 5.92 Å². The van der Waals surface area contributed by atoms with Crippen LogP contribution >= 0.6 is 0 Å². The highest BCUT2D eigenvalue weighted by Crippen LogP contribution is 2.35. The molecule has 1 rings (SSSR count). The lowest BCUT2D eigenvalue weighted by atomic mass is 9.85. The monoisotopic (exact) mass is 353 g/mol. The van der Waals surface area contributed by atoms with Gasteiger partial charge in [0, 0.05) is 17.7 Å². The summed E-state index contributed by atoms with van der Waals surface area (Å²) in [6.07, 6.45) is 3.94. The molecule has 0 spiro atoms. The van der Waals surface area contributed by atoms with E-state index in [0.717, 1.165) is 42.7 Å². The molecule has 3 N–H and O–H groups in total. The zero-order valence-electron chi connectivity index (χ0n) is 15.9. The predicted molar refractivity (Wildman–Crippen MR) is 97.7 cm³/mol. The Labute approximate surface area is 150 Å². The van der Waals surface area contributed by atoms with Crippen molar-refractivity contribution in [2.24, 2.45) is 11.7 Å². The molecule has 142 valence electrons. The summed E-state index contributed by atoms with van der Waals surface area (Å²) in [4.78, 5) is 11.2. The molecule has 0 fully saturated rings. The second kappa shape index (κ2) is 9.51. The molecule has 0 aliphatic heterocycles. The van der Waals surface area contributed by atoms with Gasteiger partial charge in [-0.05, 0) is 32.1 Å². The van der Waals surface area contributed by atoms with Gasteiger partial charge in [0.2, 0.25) is 0 Å². The van der Waals surface area contributed by atoms with Crippen LogP contribution in [-0.4, -0.2) is 37.9 Å². The number of methoxy groups -OCH3 is 3. The quantitative estimate of drug-likeness (QED) is 0.634. The van der Waals surface area contributed by atoms with E-state index in [1.807, 2.05) is 12.1 Å².